The van der Waals surface area contributed by atoms with Gasteiger partial charge in [-0.3, -0.25) is 10.1 Å². The second-order valence-corrected chi connectivity index (χ2v) is 4.82. The Morgan fingerprint density at radius 2 is 2.10 bits per heavy atom. The minimum atomic E-state index is -0.422. The van der Waals surface area contributed by atoms with Gasteiger partial charge >= 0.3 is 5.69 Å². The Kier molecular flexibility index (Phi) is 6.79. The number of nitro benzene ring substituents is 1. The summed E-state index contributed by atoms with van der Waals surface area (Å²) in [5.41, 5.74) is 0.830. The third kappa shape index (κ3) is 5.44. The van der Waals surface area contributed by atoms with Crippen molar-refractivity contribution in [1.29, 1.82) is 0 Å². The van der Waals surface area contributed by atoms with Gasteiger partial charge in [-0.1, -0.05) is 20.8 Å². The lowest BCUT2D eigenvalue weighted by Gasteiger charge is -2.11. The van der Waals surface area contributed by atoms with Crippen LogP contribution >= 0.6 is 0 Å². The van der Waals surface area contributed by atoms with E-state index in [4.69, 9.17) is 4.74 Å². The van der Waals surface area contributed by atoms with Gasteiger partial charge in [0.15, 0.2) is 5.75 Å². The highest BCUT2D eigenvalue weighted by atomic mass is 16.6. The summed E-state index contributed by atoms with van der Waals surface area (Å²) in [5.74, 6) is 0.318. The molecule has 0 spiro atoms. The van der Waals surface area contributed by atoms with Crippen molar-refractivity contribution in [3.05, 3.63) is 28.3 Å². The van der Waals surface area contributed by atoms with E-state index in [2.05, 4.69) is 24.5 Å². The van der Waals surface area contributed by atoms with Gasteiger partial charge in [0.05, 0.1) is 11.5 Å². The zero-order chi connectivity index (χ0) is 15.0. The van der Waals surface area contributed by atoms with Gasteiger partial charge in [-0.05, 0) is 12.5 Å². The zero-order valence-electron chi connectivity index (χ0n) is 12.3. The minimum Gasteiger partial charge on any atom is -0.487 e. The van der Waals surface area contributed by atoms with Crippen molar-refractivity contribution < 1.29 is 9.66 Å². The summed E-state index contributed by atoms with van der Waals surface area (Å²) in [6.07, 6.45) is 0.813. The standard InChI is InChI=1S/C14H23N3O3/c1-4-9-20-14-10-12(5-6-13(14)17(18)19)16-8-7-15-11(2)3/h5-6,10-11,15-16H,4,7-9H2,1-3H3. The van der Waals surface area contributed by atoms with E-state index < -0.39 is 4.92 Å². The Labute approximate surface area is 119 Å². The van der Waals surface area contributed by atoms with Gasteiger partial charge in [-0.25, -0.2) is 0 Å². The molecule has 0 unspecified atom stereocenters. The molecule has 0 atom stereocenters. The van der Waals surface area contributed by atoms with Crippen molar-refractivity contribution in [3.63, 3.8) is 0 Å². The van der Waals surface area contributed by atoms with Crippen LogP contribution in [0.25, 0.3) is 0 Å². The molecule has 0 amide bonds. The molecule has 1 rings (SSSR count). The summed E-state index contributed by atoms with van der Waals surface area (Å²) in [5, 5.41) is 17.4. The summed E-state index contributed by atoms with van der Waals surface area (Å²) in [4.78, 5) is 10.5. The van der Waals surface area contributed by atoms with Crippen LogP contribution < -0.4 is 15.4 Å². The maximum atomic E-state index is 10.9. The largest absolute Gasteiger partial charge is 0.487 e. The Morgan fingerprint density at radius 1 is 1.35 bits per heavy atom. The van der Waals surface area contributed by atoms with Gasteiger partial charge in [0.2, 0.25) is 0 Å². The zero-order valence-corrected chi connectivity index (χ0v) is 12.3. The molecule has 0 aliphatic carbocycles. The van der Waals surface area contributed by atoms with Gasteiger partial charge in [0.1, 0.15) is 0 Å². The first-order valence-corrected chi connectivity index (χ1v) is 6.93. The molecule has 0 aliphatic rings. The second kappa shape index (κ2) is 8.37. The van der Waals surface area contributed by atoms with Crippen molar-refractivity contribution in [2.24, 2.45) is 0 Å². The van der Waals surface area contributed by atoms with E-state index in [1.165, 1.54) is 6.07 Å². The monoisotopic (exact) mass is 281 g/mol. The van der Waals surface area contributed by atoms with Gasteiger partial charge in [0.25, 0.3) is 0 Å². The fourth-order valence-electron chi connectivity index (χ4n) is 1.67. The molecule has 6 heteroatoms. The molecule has 1 aromatic rings. The van der Waals surface area contributed by atoms with Crippen LogP contribution in [0.4, 0.5) is 11.4 Å². The predicted molar refractivity (Wildman–Crippen MR) is 80.5 cm³/mol. The summed E-state index contributed by atoms with van der Waals surface area (Å²) in [6, 6.07) is 5.30. The predicted octanol–water partition coefficient (Wildman–Crippen LogP) is 2.79. The Morgan fingerprint density at radius 3 is 2.70 bits per heavy atom. The molecular formula is C14H23N3O3. The normalized spacial score (nSPS) is 10.6. The molecule has 0 radical (unpaired) electrons. The molecule has 20 heavy (non-hydrogen) atoms. The second-order valence-electron chi connectivity index (χ2n) is 4.82. The van der Waals surface area contributed by atoms with Crippen molar-refractivity contribution in [2.45, 2.75) is 33.2 Å². The highest BCUT2D eigenvalue weighted by Crippen LogP contribution is 2.30. The van der Waals surface area contributed by atoms with E-state index in [9.17, 15) is 10.1 Å². The Hall–Kier alpha value is -1.82. The lowest BCUT2D eigenvalue weighted by molar-refractivity contribution is -0.385. The summed E-state index contributed by atoms with van der Waals surface area (Å²) < 4.78 is 5.44. The van der Waals surface area contributed by atoms with Gasteiger partial charge in [-0.15, -0.1) is 0 Å². The van der Waals surface area contributed by atoms with E-state index in [0.29, 0.717) is 18.4 Å². The van der Waals surface area contributed by atoms with Crippen molar-refractivity contribution in [1.82, 2.24) is 5.32 Å². The van der Waals surface area contributed by atoms with Crippen LogP contribution in [0.15, 0.2) is 18.2 Å². The molecule has 0 aliphatic heterocycles. The van der Waals surface area contributed by atoms with E-state index >= 15 is 0 Å². The summed E-state index contributed by atoms with van der Waals surface area (Å²) in [6.45, 7) is 8.19. The molecule has 0 heterocycles. The van der Waals surface area contributed by atoms with Crippen molar-refractivity contribution in [3.8, 4) is 5.75 Å². The molecule has 112 valence electrons. The topological polar surface area (TPSA) is 76.4 Å². The fraction of sp³-hybridized carbons (Fsp3) is 0.571. The highest BCUT2D eigenvalue weighted by molar-refractivity contribution is 5.58. The number of hydrogen-bond donors (Lipinski definition) is 2. The number of rotatable bonds is 9. The molecular weight excluding hydrogens is 258 g/mol. The Balaban J connectivity index is 2.66. The van der Waals surface area contributed by atoms with Crippen LogP contribution in [0.5, 0.6) is 5.75 Å². The lowest BCUT2D eigenvalue weighted by atomic mass is 10.2. The average molecular weight is 281 g/mol. The Bertz CT molecular complexity index is 436. The molecule has 0 saturated carbocycles. The van der Waals surface area contributed by atoms with Crippen LogP contribution in [0.2, 0.25) is 0 Å². The maximum absolute atomic E-state index is 10.9. The first kappa shape index (κ1) is 16.2. The molecule has 0 fully saturated rings. The van der Waals surface area contributed by atoms with Crippen LogP contribution in [0.3, 0.4) is 0 Å². The third-order valence-corrected chi connectivity index (χ3v) is 2.62. The molecule has 2 N–H and O–H groups in total. The van der Waals surface area contributed by atoms with Crippen molar-refractivity contribution >= 4 is 11.4 Å². The van der Waals surface area contributed by atoms with E-state index in [-0.39, 0.29) is 5.69 Å². The van der Waals surface area contributed by atoms with Gasteiger partial charge in [0, 0.05) is 37.0 Å². The van der Waals surface area contributed by atoms with Crippen LogP contribution in [0, 0.1) is 10.1 Å². The molecule has 1 aromatic carbocycles. The number of ether oxygens (including phenoxy) is 1. The fourth-order valence-corrected chi connectivity index (χ4v) is 1.67. The number of nitro groups is 1. The third-order valence-electron chi connectivity index (χ3n) is 2.62. The van der Waals surface area contributed by atoms with Gasteiger partial charge in [-0.2, -0.15) is 0 Å². The molecule has 0 saturated heterocycles. The molecule has 6 nitrogen and oxygen atoms in total. The van der Waals surface area contributed by atoms with Crippen molar-refractivity contribution in [2.75, 3.05) is 25.0 Å². The SMILES string of the molecule is CCCOc1cc(NCCNC(C)C)ccc1[N+](=O)[O-]. The van der Waals surface area contributed by atoms with E-state index in [1.54, 1.807) is 12.1 Å². The first-order valence-electron chi connectivity index (χ1n) is 6.93. The summed E-state index contributed by atoms with van der Waals surface area (Å²) in [7, 11) is 0. The van der Waals surface area contributed by atoms with Crippen LogP contribution in [-0.4, -0.2) is 30.7 Å². The van der Waals surface area contributed by atoms with E-state index in [0.717, 1.165) is 25.2 Å². The summed E-state index contributed by atoms with van der Waals surface area (Å²) >= 11 is 0. The number of nitrogens with zero attached hydrogens (tertiary/aromatic N) is 1. The molecule has 0 aromatic heterocycles. The van der Waals surface area contributed by atoms with E-state index in [1.807, 2.05) is 6.92 Å². The number of hydrogen-bond acceptors (Lipinski definition) is 5. The maximum Gasteiger partial charge on any atom is 0.311 e. The minimum absolute atomic E-state index is 0.00399. The van der Waals surface area contributed by atoms with Gasteiger partial charge < -0.3 is 15.4 Å². The number of benzene rings is 1. The number of anilines is 1. The van der Waals surface area contributed by atoms with Crippen LogP contribution in [0.1, 0.15) is 27.2 Å². The molecule has 0 bridgehead atoms. The highest BCUT2D eigenvalue weighted by Gasteiger charge is 2.15. The van der Waals surface area contributed by atoms with Crippen LogP contribution in [-0.2, 0) is 0 Å². The average Bonchev–Trinajstić information content (AvgIpc) is 2.41. The number of nitrogens with one attached hydrogen (secondary N) is 2. The smallest absolute Gasteiger partial charge is 0.311 e. The quantitative estimate of drug-likeness (QED) is 0.413. The lowest BCUT2D eigenvalue weighted by Crippen LogP contribution is -2.28. The first-order chi connectivity index (χ1) is 9.54.